The second kappa shape index (κ2) is 7.46. The molecule has 0 bridgehead atoms. The fourth-order valence-electron chi connectivity index (χ4n) is 3.54. The predicted octanol–water partition coefficient (Wildman–Crippen LogP) is 2.32. The molecule has 2 fully saturated rings. The molecule has 0 aliphatic carbocycles. The van der Waals surface area contributed by atoms with Gasteiger partial charge in [-0.25, -0.2) is 13.8 Å². The predicted molar refractivity (Wildman–Crippen MR) is 98.0 cm³/mol. The van der Waals surface area contributed by atoms with E-state index in [2.05, 4.69) is 19.8 Å². The Morgan fingerprint density at radius 3 is 2.33 bits per heavy atom. The molecule has 3 heterocycles. The minimum Gasteiger partial charge on any atom is -0.353 e. The van der Waals surface area contributed by atoms with Crippen LogP contribution in [-0.2, 0) is 0 Å². The van der Waals surface area contributed by atoms with Crippen LogP contribution in [0, 0.1) is 11.6 Å². The van der Waals surface area contributed by atoms with Gasteiger partial charge in [0.05, 0.1) is 0 Å². The molecule has 142 valence electrons. The van der Waals surface area contributed by atoms with Gasteiger partial charge in [0.1, 0.15) is 5.82 Å². The lowest BCUT2D eigenvalue weighted by Gasteiger charge is -2.35. The normalized spacial score (nSPS) is 17.5. The third-order valence-electron chi connectivity index (χ3n) is 5.07. The van der Waals surface area contributed by atoms with E-state index in [0.29, 0.717) is 26.2 Å². The summed E-state index contributed by atoms with van der Waals surface area (Å²) in [4.78, 5) is 27.5. The van der Waals surface area contributed by atoms with Crippen molar-refractivity contribution in [2.75, 3.05) is 49.1 Å². The topological polar surface area (TPSA) is 52.6 Å². The van der Waals surface area contributed by atoms with Crippen molar-refractivity contribution in [2.24, 2.45) is 0 Å². The van der Waals surface area contributed by atoms with Crippen molar-refractivity contribution in [1.82, 2.24) is 14.9 Å². The third kappa shape index (κ3) is 3.70. The zero-order chi connectivity index (χ0) is 18.8. The standard InChI is InChI=1S/C19H21F2N5O/c20-15-4-3-14(13-16(15)21)18(27)25-11-9-24(10-12-25)17-5-6-22-19(23-17)26-7-1-2-8-26/h3-6,13H,1-2,7-12H2. The van der Waals surface area contributed by atoms with Gasteiger partial charge in [-0.3, -0.25) is 4.79 Å². The van der Waals surface area contributed by atoms with Gasteiger partial charge in [0, 0.05) is 51.0 Å². The van der Waals surface area contributed by atoms with Gasteiger partial charge in [0.15, 0.2) is 11.6 Å². The molecule has 0 N–H and O–H groups in total. The average Bonchev–Trinajstić information content (AvgIpc) is 3.25. The second-order valence-corrected chi connectivity index (χ2v) is 6.82. The summed E-state index contributed by atoms with van der Waals surface area (Å²) in [6.45, 7) is 4.24. The van der Waals surface area contributed by atoms with Gasteiger partial charge in [-0.2, -0.15) is 4.98 Å². The molecule has 1 amide bonds. The molecule has 0 atom stereocenters. The number of hydrogen-bond acceptors (Lipinski definition) is 5. The minimum absolute atomic E-state index is 0.167. The lowest BCUT2D eigenvalue weighted by Crippen LogP contribution is -2.49. The Kier molecular flexibility index (Phi) is 4.87. The number of nitrogens with zero attached hydrogens (tertiary/aromatic N) is 5. The van der Waals surface area contributed by atoms with Crippen LogP contribution in [0.2, 0.25) is 0 Å². The molecule has 6 nitrogen and oxygen atoms in total. The van der Waals surface area contributed by atoms with Crippen LogP contribution in [0.4, 0.5) is 20.5 Å². The van der Waals surface area contributed by atoms with Crippen LogP contribution in [0.25, 0.3) is 0 Å². The minimum atomic E-state index is -1.00. The molecule has 0 saturated carbocycles. The molecule has 2 aliphatic heterocycles. The summed E-state index contributed by atoms with van der Waals surface area (Å²) in [6.07, 6.45) is 4.10. The summed E-state index contributed by atoms with van der Waals surface area (Å²) in [7, 11) is 0. The molecule has 4 rings (SSSR count). The fraction of sp³-hybridized carbons (Fsp3) is 0.421. The summed E-state index contributed by atoms with van der Waals surface area (Å²) in [6, 6.07) is 5.14. The van der Waals surface area contributed by atoms with E-state index < -0.39 is 11.6 Å². The Morgan fingerprint density at radius 2 is 1.63 bits per heavy atom. The van der Waals surface area contributed by atoms with E-state index in [1.54, 1.807) is 11.1 Å². The second-order valence-electron chi connectivity index (χ2n) is 6.82. The molecule has 0 unspecified atom stereocenters. The molecule has 0 spiro atoms. The van der Waals surface area contributed by atoms with E-state index in [9.17, 15) is 13.6 Å². The maximum atomic E-state index is 13.4. The van der Waals surface area contributed by atoms with Crippen LogP contribution >= 0.6 is 0 Å². The molecule has 0 radical (unpaired) electrons. The van der Waals surface area contributed by atoms with Crippen molar-refractivity contribution in [3.8, 4) is 0 Å². The SMILES string of the molecule is O=C(c1ccc(F)c(F)c1)N1CCN(c2ccnc(N3CCCC3)n2)CC1. The summed E-state index contributed by atoms with van der Waals surface area (Å²) in [5.74, 6) is -0.630. The number of carbonyl (C=O) groups excluding carboxylic acids is 1. The molecule has 2 aromatic rings. The van der Waals surface area contributed by atoms with Crippen molar-refractivity contribution in [3.63, 3.8) is 0 Å². The van der Waals surface area contributed by atoms with Gasteiger partial charge in [-0.05, 0) is 37.1 Å². The summed E-state index contributed by atoms with van der Waals surface area (Å²) in [5, 5.41) is 0. The first-order valence-corrected chi connectivity index (χ1v) is 9.19. The Bertz CT molecular complexity index is 833. The van der Waals surface area contributed by atoms with E-state index in [-0.39, 0.29) is 11.5 Å². The first-order valence-electron chi connectivity index (χ1n) is 9.19. The maximum Gasteiger partial charge on any atom is 0.254 e. The van der Waals surface area contributed by atoms with Crippen molar-refractivity contribution < 1.29 is 13.6 Å². The van der Waals surface area contributed by atoms with Crippen LogP contribution in [-0.4, -0.2) is 60.0 Å². The highest BCUT2D eigenvalue weighted by atomic mass is 19.2. The fourth-order valence-corrected chi connectivity index (χ4v) is 3.54. The monoisotopic (exact) mass is 373 g/mol. The highest BCUT2D eigenvalue weighted by molar-refractivity contribution is 5.94. The zero-order valence-corrected chi connectivity index (χ0v) is 14.9. The first kappa shape index (κ1) is 17.6. The van der Waals surface area contributed by atoms with E-state index >= 15 is 0 Å². The van der Waals surface area contributed by atoms with Crippen LogP contribution in [0.3, 0.4) is 0 Å². The quantitative estimate of drug-likeness (QED) is 0.827. The molecule has 2 saturated heterocycles. The van der Waals surface area contributed by atoms with Crippen LogP contribution in [0.1, 0.15) is 23.2 Å². The van der Waals surface area contributed by atoms with Crippen LogP contribution < -0.4 is 9.80 Å². The van der Waals surface area contributed by atoms with Crippen LogP contribution in [0.15, 0.2) is 30.5 Å². The van der Waals surface area contributed by atoms with Crippen molar-refractivity contribution in [2.45, 2.75) is 12.8 Å². The number of aromatic nitrogens is 2. The van der Waals surface area contributed by atoms with Gasteiger partial charge >= 0.3 is 0 Å². The molecule has 1 aromatic heterocycles. The van der Waals surface area contributed by atoms with Crippen molar-refractivity contribution in [1.29, 1.82) is 0 Å². The number of hydrogen-bond donors (Lipinski definition) is 0. The average molecular weight is 373 g/mol. The smallest absolute Gasteiger partial charge is 0.254 e. The lowest BCUT2D eigenvalue weighted by atomic mass is 10.1. The summed E-state index contributed by atoms with van der Waals surface area (Å²) >= 11 is 0. The highest BCUT2D eigenvalue weighted by Crippen LogP contribution is 2.20. The number of amides is 1. The van der Waals surface area contributed by atoms with E-state index in [0.717, 1.165) is 37.0 Å². The Labute approximate surface area is 156 Å². The number of halogens is 2. The molecular formula is C19H21F2N5O. The Balaban J connectivity index is 1.40. The molecule has 27 heavy (non-hydrogen) atoms. The van der Waals surface area contributed by atoms with E-state index in [1.165, 1.54) is 18.9 Å². The van der Waals surface area contributed by atoms with E-state index in [1.807, 2.05) is 6.07 Å². The molecule has 8 heteroatoms. The van der Waals surface area contributed by atoms with Crippen molar-refractivity contribution >= 4 is 17.7 Å². The summed E-state index contributed by atoms with van der Waals surface area (Å²) < 4.78 is 26.4. The van der Waals surface area contributed by atoms with Crippen LogP contribution in [0.5, 0.6) is 0 Å². The van der Waals surface area contributed by atoms with Gasteiger partial charge in [0.2, 0.25) is 5.95 Å². The lowest BCUT2D eigenvalue weighted by molar-refractivity contribution is 0.0746. The van der Waals surface area contributed by atoms with Gasteiger partial charge in [-0.15, -0.1) is 0 Å². The number of piperazine rings is 1. The Hall–Kier alpha value is -2.77. The van der Waals surface area contributed by atoms with Gasteiger partial charge in [-0.1, -0.05) is 0 Å². The van der Waals surface area contributed by atoms with Crippen molar-refractivity contribution in [3.05, 3.63) is 47.7 Å². The highest BCUT2D eigenvalue weighted by Gasteiger charge is 2.24. The molecule has 2 aliphatic rings. The molecule has 1 aromatic carbocycles. The number of rotatable bonds is 3. The van der Waals surface area contributed by atoms with Gasteiger partial charge < -0.3 is 14.7 Å². The Morgan fingerprint density at radius 1 is 0.889 bits per heavy atom. The van der Waals surface area contributed by atoms with E-state index in [4.69, 9.17) is 0 Å². The van der Waals surface area contributed by atoms with Gasteiger partial charge in [0.25, 0.3) is 5.91 Å². The summed E-state index contributed by atoms with van der Waals surface area (Å²) in [5.41, 5.74) is 0.167. The largest absolute Gasteiger partial charge is 0.353 e. The zero-order valence-electron chi connectivity index (χ0n) is 14.9. The number of carbonyl (C=O) groups is 1. The maximum absolute atomic E-state index is 13.4. The molecular weight excluding hydrogens is 352 g/mol. The third-order valence-corrected chi connectivity index (χ3v) is 5.07. The first-order chi connectivity index (χ1) is 13.1. The number of benzene rings is 1. The number of anilines is 2.